The Kier molecular flexibility index (Phi) is 3.10. The van der Waals surface area contributed by atoms with Crippen LogP contribution in [0.4, 0.5) is 0 Å². The molecular formula is C12H20N2O. The highest BCUT2D eigenvalue weighted by Crippen LogP contribution is 2.35. The Balaban J connectivity index is 2.08. The van der Waals surface area contributed by atoms with Gasteiger partial charge in [0.1, 0.15) is 0 Å². The van der Waals surface area contributed by atoms with Gasteiger partial charge in [-0.3, -0.25) is 4.68 Å². The second kappa shape index (κ2) is 4.35. The molecular weight excluding hydrogens is 188 g/mol. The standard InChI is InChI=1S/C12H20N2O/c1-4-10-5-9(2)15-12(6-10)11-7-13-14(3)8-11/h7-10,12H,4-6H2,1-3H3/t9-,10+,12-/m1/s1. The van der Waals surface area contributed by atoms with Gasteiger partial charge in [0.25, 0.3) is 0 Å². The fourth-order valence-electron chi connectivity index (χ4n) is 2.41. The maximum Gasteiger partial charge on any atom is 0.0861 e. The van der Waals surface area contributed by atoms with E-state index < -0.39 is 0 Å². The summed E-state index contributed by atoms with van der Waals surface area (Å²) in [4.78, 5) is 0. The van der Waals surface area contributed by atoms with Gasteiger partial charge in [-0.1, -0.05) is 13.3 Å². The lowest BCUT2D eigenvalue weighted by Gasteiger charge is -2.33. The van der Waals surface area contributed by atoms with E-state index in [1.807, 2.05) is 17.9 Å². The summed E-state index contributed by atoms with van der Waals surface area (Å²) in [5.74, 6) is 0.805. The molecule has 0 aromatic carbocycles. The average molecular weight is 208 g/mol. The lowest BCUT2D eigenvalue weighted by molar-refractivity contribution is -0.0643. The highest BCUT2D eigenvalue weighted by Gasteiger charge is 2.27. The highest BCUT2D eigenvalue weighted by atomic mass is 16.5. The van der Waals surface area contributed by atoms with Gasteiger partial charge in [-0.2, -0.15) is 5.10 Å². The van der Waals surface area contributed by atoms with Crippen molar-refractivity contribution in [3.8, 4) is 0 Å². The molecule has 1 fully saturated rings. The van der Waals surface area contributed by atoms with E-state index in [4.69, 9.17) is 4.74 Å². The zero-order chi connectivity index (χ0) is 10.8. The van der Waals surface area contributed by atoms with Crippen molar-refractivity contribution in [2.45, 2.75) is 45.3 Å². The van der Waals surface area contributed by atoms with Gasteiger partial charge in [0.15, 0.2) is 0 Å². The quantitative estimate of drug-likeness (QED) is 0.747. The minimum atomic E-state index is 0.257. The van der Waals surface area contributed by atoms with Crippen LogP contribution in [-0.2, 0) is 11.8 Å². The van der Waals surface area contributed by atoms with E-state index in [1.165, 1.54) is 18.4 Å². The van der Waals surface area contributed by atoms with Crippen LogP contribution in [0.15, 0.2) is 12.4 Å². The molecule has 3 nitrogen and oxygen atoms in total. The Hall–Kier alpha value is -0.830. The summed E-state index contributed by atoms with van der Waals surface area (Å²) in [7, 11) is 1.95. The molecule has 1 aliphatic rings. The molecule has 1 aromatic rings. The van der Waals surface area contributed by atoms with Gasteiger partial charge < -0.3 is 4.74 Å². The Labute approximate surface area is 91.4 Å². The van der Waals surface area contributed by atoms with Crippen LogP contribution in [0, 0.1) is 5.92 Å². The topological polar surface area (TPSA) is 27.1 Å². The fraction of sp³-hybridized carbons (Fsp3) is 0.750. The number of ether oxygens (including phenoxy) is 1. The molecule has 0 radical (unpaired) electrons. The summed E-state index contributed by atoms with van der Waals surface area (Å²) in [6.07, 6.45) is 8.23. The zero-order valence-electron chi connectivity index (χ0n) is 9.81. The van der Waals surface area contributed by atoms with Gasteiger partial charge in [-0.15, -0.1) is 0 Å². The van der Waals surface area contributed by atoms with Crippen molar-refractivity contribution in [3.63, 3.8) is 0 Å². The van der Waals surface area contributed by atoms with Gasteiger partial charge in [0.2, 0.25) is 0 Å². The van der Waals surface area contributed by atoms with Crippen molar-refractivity contribution in [1.29, 1.82) is 0 Å². The predicted octanol–water partition coefficient (Wildman–Crippen LogP) is 2.69. The maximum atomic E-state index is 5.96. The van der Waals surface area contributed by atoms with Crippen LogP contribution in [0.3, 0.4) is 0 Å². The van der Waals surface area contributed by atoms with Crippen molar-refractivity contribution < 1.29 is 4.74 Å². The van der Waals surface area contributed by atoms with Gasteiger partial charge in [0.05, 0.1) is 18.4 Å². The molecule has 1 aromatic heterocycles. The first-order valence-corrected chi connectivity index (χ1v) is 5.83. The molecule has 15 heavy (non-hydrogen) atoms. The third-order valence-corrected chi connectivity index (χ3v) is 3.28. The number of rotatable bonds is 2. The molecule has 0 amide bonds. The van der Waals surface area contributed by atoms with Crippen molar-refractivity contribution in [2.24, 2.45) is 13.0 Å². The van der Waals surface area contributed by atoms with E-state index in [0.717, 1.165) is 12.3 Å². The molecule has 0 bridgehead atoms. The molecule has 1 saturated heterocycles. The van der Waals surface area contributed by atoms with Gasteiger partial charge in [-0.25, -0.2) is 0 Å². The molecule has 0 aliphatic carbocycles. The number of nitrogens with zero attached hydrogens (tertiary/aromatic N) is 2. The molecule has 1 aliphatic heterocycles. The smallest absolute Gasteiger partial charge is 0.0861 e. The summed E-state index contributed by atoms with van der Waals surface area (Å²) in [6, 6.07) is 0. The van der Waals surface area contributed by atoms with Crippen LogP contribution in [-0.4, -0.2) is 15.9 Å². The Morgan fingerprint density at radius 1 is 1.53 bits per heavy atom. The van der Waals surface area contributed by atoms with Crippen molar-refractivity contribution in [3.05, 3.63) is 18.0 Å². The van der Waals surface area contributed by atoms with Crippen molar-refractivity contribution in [2.75, 3.05) is 0 Å². The maximum absolute atomic E-state index is 5.96. The van der Waals surface area contributed by atoms with Gasteiger partial charge in [-0.05, 0) is 25.7 Å². The van der Waals surface area contributed by atoms with E-state index in [-0.39, 0.29) is 6.10 Å². The molecule has 3 atom stereocenters. The Bertz CT molecular complexity index is 321. The van der Waals surface area contributed by atoms with E-state index in [9.17, 15) is 0 Å². The number of hydrogen-bond donors (Lipinski definition) is 0. The molecule has 0 unspecified atom stereocenters. The second-order valence-corrected chi connectivity index (χ2v) is 4.63. The van der Waals surface area contributed by atoms with E-state index in [2.05, 4.69) is 25.1 Å². The Morgan fingerprint density at radius 3 is 2.93 bits per heavy atom. The van der Waals surface area contributed by atoms with Crippen molar-refractivity contribution >= 4 is 0 Å². The summed E-state index contributed by atoms with van der Waals surface area (Å²) < 4.78 is 7.81. The van der Waals surface area contributed by atoms with E-state index >= 15 is 0 Å². The summed E-state index contributed by atoms with van der Waals surface area (Å²) in [5.41, 5.74) is 1.22. The molecule has 2 rings (SSSR count). The molecule has 0 spiro atoms. The number of aromatic nitrogens is 2. The van der Waals surface area contributed by atoms with Crippen LogP contribution >= 0.6 is 0 Å². The average Bonchev–Trinajstić information content (AvgIpc) is 2.64. The monoisotopic (exact) mass is 208 g/mol. The van der Waals surface area contributed by atoms with Crippen molar-refractivity contribution in [1.82, 2.24) is 9.78 Å². The van der Waals surface area contributed by atoms with Crippen LogP contribution in [0.2, 0.25) is 0 Å². The van der Waals surface area contributed by atoms with Crippen LogP contribution in [0.1, 0.15) is 44.8 Å². The highest BCUT2D eigenvalue weighted by molar-refractivity contribution is 5.09. The summed E-state index contributed by atoms with van der Waals surface area (Å²) in [6.45, 7) is 4.44. The molecule has 0 N–H and O–H groups in total. The zero-order valence-corrected chi connectivity index (χ0v) is 9.81. The normalized spacial score (nSPS) is 31.8. The molecule has 84 valence electrons. The van der Waals surface area contributed by atoms with Gasteiger partial charge >= 0.3 is 0 Å². The third-order valence-electron chi connectivity index (χ3n) is 3.28. The van der Waals surface area contributed by atoms with Gasteiger partial charge in [0, 0.05) is 18.8 Å². The van der Waals surface area contributed by atoms with Crippen LogP contribution in [0.5, 0.6) is 0 Å². The van der Waals surface area contributed by atoms with Crippen LogP contribution < -0.4 is 0 Å². The van der Waals surface area contributed by atoms with Crippen LogP contribution in [0.25, 0.3) is 0 Å². The largest absolute Gasteiger partial charge is 0.370 e. The molecule has 0 saturated carbocycles. The second-order valence-electron chi connectivity index (χ2n) is 4.63. The summed E-state index contributed by atoms with van der Waals surface area (Å²) >= 11 is 0. The fourth-order valence-corrected chi connectivity index (χ4v) is 2.41. The summed E-state index contributed by atoms with van der Waals surface area (Å²) in [5, 5.41) is 4.20. The first kappa shape index (κ1) is 10.7. The number of aryl methyl sites for hydroxylation is 1. The molecule has 3 heteroatoms. The first-order chi connectivity index (χ1) is 7.19. The minimum Gasteiger partial charge on any atom is -0.370 e. The Morgan fingerprint density at radius 2 is 2.33 bits per heavy atom. The molecule has 2 heterocycles. The van der Waals surface area contributed by atoms with E-state index in [1.54, 1.807) is 0 Å². The SMILES string of the molecule is CC[C@H]1C[C@@H](C)O[C@@H](c2cnn(C)c2)C1. The lowest BCUT2D eigenvalue weighted by atomic mass is 9.88. The third kappa shape index (κ3) is 2.40. The predicted molar refractivity (Wildman–Crippen MR) is 59.5 cm³/mol. The van der Waals surface area contributed by atoms with E-state index in [0.29, 0.717) is 6.10 Å². The minimum absolute atomic E-state index is 0.257. The number of hydrogen-bond acceptors (Lipinski definition) is 2. The lowest BCUT2D eigenvalue weighted by Crippen LogP contribution is -2.25. The first-order valence-electron chi connectivity index (χ1n) is 5.83.